The summed E-state index contributed by atoms with van der Waals surface area (Å²) >= 11 is 0. The number of benzene rings is 1. The predicted octanol–water partition coefficient (Wildman–Crippen LogP) is 4.69. The highest BCUT2D eigenvalue weighted by Crippen LogP contribution is 2.27. The molecule has 0 aliphatic carbocycles. The molecular weight excluding hydrogens is 451 g/mol. The zero-order valence-electron chi connectivity index (χ0n) is 18.8. The molecule has 5 aromatic rings. The molecule has 35 heavy (non-hydrogen) atoms. The number of hydrogen-bond acceptors (Lipinski definition) is 7. The minimum Gasteiger partial charge on any atom is -0.481 e. The molecule has 0 aliphatic rings. The molecule has 1 N–H and O–H groups in total. The lowest BCUT2D eigenvalue weighted by Crippen LogP contribution is -2.14. The molecule has 0 spiro atoms. The summed E-state index contributed by atoms with van der Waals surface area (Å²) in [6.07, 6.45) is 3.19. The molecule has 4 aromatic heterocycles. The lowest BCUT2D eigenvalue weighted by Gasteiger charge is -2.11. The van der Waals surface area contributed by atoms with Gasteiger partial charge in [0, 0.05) is 47.4 Å². The molecule has 0 saturated carbocycles. The zero-order chi connectivity index (χ0) is 24.4. The maximum absolute atomic E-state index is 14.8. The van der Waals surface area contributed by atoms with Crippen LogP contribution in [0.5, 0.6) is 17.5 Å². The molecule has 0 radical (unpaired) electrons. The summed E-state index contributed by atoms with van der Waals surface area (Å²) in [6, 6.07) is 16.1. The largest absolute Gasteiger partial charge is 0.481 e. The van der Waals surface area contributed by atoms with E-state index in [0.29, 0.717) is 28.8 Å². The van der Waals surface area contributed by atoms with Crippen molar-refractivity contribution < 1.29 is 18.7 Å². The number of hydrogen-bond donors (Lipinski definition) is 1. The van der Waals surface area contributed by atoms with Crippen LogP contribution in [0.2, 0.25) is 0 Å². The Morgan fingerprint density at radius 3 is 2.71 bits per heavy atom. The first-order chi connectivity index (χ1) is 17.0. The minimum atomic E-state index is -0.649. The standard InChI is InChI=1S/C25H19FN6O3/c1-15-12-24(32-22(29-15)10-11-28-32)35-21-8-7-17(13-18(21)26)30-25(33)20-5-3-4-19(31-20)16-6-9-23(34-2)27-14-16/h3-14H,1-2H3,(H,30,33). The SMILES string of the molecule is COc1ccc(-c2cccc(C(=O)Nc3ccc(Oc4cc(C)nc5ccnn45)c(F)c3)n2)cn1. The van der Waals surface area contributed by atoms with E-state index in [1.165, 1.54) is 23.8 Å². The normalized spacial score (nSPS) is 10.8. The van der Waals surface area contributed by atoms with Crippen LogP contribution in [0.3, 0.4) is 0 Å². The number of ether oxygens (including phenoxy) is 2. The molecule has 0 fully saturated rings. The quantitative estimate of drug-likeness (QED) is 0.384. The van der Waals surface area contributed by atoms with Gasteiger partial charge < -0.3 is 14.8 Å². The van der Waals surface area contributed by atoms with Crippen molar-refractivity contribution in [2.24, 2.45) is 0 Å². The van der Waals surface area contributed by atoms with Gasteiger partial charge in [0.05, 0.1) is 19.0 Å². The van der Waals surface area contributed by atoms with E-state index in [1.54, 1.807) is 60.9 Å². The minimum absolute atomic E-state index is 0.0162. The summed E-state index contributed by atoms with van der Waals surface area (Å²) in [4.78, 5) is 25.6. The molecule has 0 saturated heterocycles. The number of amides is 1. The average molecular weight is 470 g/mol. The molecule has 0 aliphatic heterocycles. The maximum Gasteiger partial charge on any atom is 0.274 e. The van der Waals surface area contributed by atoms with Crippen molar-refractivity contribution in [3.05, 3.63) is 90.3 Å². The monoisotopic (exact) mass is 470 g/mol. The maximum atomic E-state index is 14.8. The highest BCUT2D eigenvalue weighted by atomic mass is 19.1. The van der Waals surface area contributed by atoms with Gasteiger partial charge in [-0.15, -0.1) is 0 Å². The van der Waals surface area contributed by atoms with E-state index < -0.39 is 11.7 Å². The Labute approximate surface area is 199 Å². The lowest BCUT2D eigenvalue weighted by atomic mass is 10.2. The van der Waals surface area contributed by atoms with Gasteiger partial charge in [0.2, 0.25) is 11.8 Å². The van der Waals surface area contributed by atoms with Crippen molar-refractivity contribution in [2.75, 3.05) is 12.4 Å². The smallest absolute Gasteiger partial charge is 0.274 e. The Morgan fingerprint density at radius 1 is 1.06 bits per heavy atom. The molecular formula is C25H19FN6O3. The van der Waals surface area contributed by atoms with E-state index in [9.17, 15) is 9.18 Å². The number of anilines is 1. The Hall–Kier alpha value is -4.86. The molecule has 5 rings (SSSR count). The van der Waals surface area contributed by atoms with Crippen LogP contribution in [0.1, 0.15) is 16.2 Å². The number of carbonyl (C=O) groups excluding carboxylic acids is 1. The summed E-state index contributed by atoms with van der Waals surface area (Å²) in [6.45, 7) is 1.81. The number of fused-ring (bicyclic) bond motifs is 1. The van der Waals surface area contributed by atoms with Crippen molar-refractivity contribution in [1.29, 1.82) is 0 Å². The van der Waals surface area contributed by atoms with Crippen LogP contribution in [0, 0.1) is 12.7 Å². The summed E-state index contributed by atoms with van der Waals surface area (Å²) in [7, 11) is 1.53. The van der Waals surface area contributed by atoms with Crippen molar-refractivity contribution >= 4 is 17.2 Å². The van der Waals surface area contributed by atoms with Crippen LogP contribution in [0.25, 0.3) is 16.9 Å². The van der Waals surface area contributed by atoms with E-state index in [2.05, 4.69) is 25.4 Å². The molecule has 4 heterocycles. The Kier molecular flexibility index (Phi) is 5.76. The number of nitrogens with one attached hydrogen (secondary N) is 1. The Balaban J connectivity index is 1.33. The molecule has 1 amide bonds. The fourth-order valence-corrected chi connectivity index (χ4v) is 3.42. The number of nitrogens with zero attached hydrogens (tertiary/aromatic N) is 5. The fraction of sp³-hybridized carbons (Fsp3) is 0.0800. The second kappa shape index (κ2) is 9.18. The molecule has 0 unspecified atom stereocenters. The number of carbonyl (C=O) groups is 1. The second-order valence-electron chi connectivity index (χ2n) is 7.54. The first-order valence-corrected chi connectivity index (χ1v) is 10.6. The summed E-state index contributed by atoms with van der Waals surface area (Å²) in [5, 5.41) is 6.81. The number of methoxy groups -OCH3 is 1. The number of aryl methyl sites for hydroxylation is 1. The molecule has 174 valence electrons. The van der Waals surface area contributed by atoms with Crippen LogP contribution in [0.4, 0.5) is 10.1 Å². The van der Waals surface area contributed by atoms with Crippen molar-refractivity contribution in [3.63, 3.8) is 0 Å². The highest BCUT2D eigenvalue weighted by molar-refractivity contribution is 6.03. The molecule has 1 aromatic carbocycles. The van der Waals surface area contributed by atoms with Crippen molar-refractivity contribution in [3.8, 4) is 28.8 Å². The Morgan fingerprint density at radius 2 is 1.94 bits per heavy atom. The van der Waals surface area contributed by atoms with Crippen LogP contribution in [-0.4, -0.2) is 37.6 Å². The average Bonchev–Trinajstić information content (AvgIpc) is 3.34. The molecule has 10 heteroatoms. The third-order valence-electron chi connectivity index (χ3n) is 5.08. The van der Waals surface area contributed by atoms with Gasteiger partial charge in [-0.05, 0) is 37.3 Å². The van der Waals surface area contributed by atoms with Crippen LogP contribution >= 0.6 is 0 Å². The molecule has 0 bridgehead atoms. The van der Waals surface area contributed by atoms with Gasteiger partial charge in [-0.3, -0.25) is 4.79 Å². The highest BCUT2D eigenvalue weighted by Gasteiger charge is 2.14. The van der Waals surface area contributed by atoms with Gasteiger partial charge in [0.25, 0.3) is 5.91 Å². The van der Waals surface area contributed by atoms with Gasteiger partial charge in [0.1, 0.15) is 5.69 Å². The van der Waals surface area contributed by atoms with E-state index in [1.807, 2.05) is 6.92 Å². The lowest BCUT2D eigenvalue weighted by molar-refractivity contribution is 0.102. The number of rotatable bonds is 6. The first-order valence-electron chi connectivity index (χ1n) is 10.6. The van der Waals surface area contributed by atoms with Gasteiger partial charge in [-0.2, -0.15) is 9.61 Å². The number of aromatic nitrogens is 5. The van der Waals surface area contributed by atoms with E-state index in [0.717, 1.165) is 5.56 Å². The van der Waals surface area contributed by atoms with E-state index in [-0.39, 0.29) is 17.1 Å². The third-order valence-corrected chi connectivity index (χ3v) is 5.08. The summed E-state index contributed by atoms with van der Waals surface area (Å²) in [5.74, 6) is -0.349. The van der Waals surface area contributed by atoms with E-state index in [4.69, 9.17) is 9.47 Å². The Bertz CT molecular complexity index is 1530. The van der Waals surface area contributed by atoms with Gasteiger partial charge in [-0.25, -0.2) is 19.3 Å². The summed E-state index contributed by atoms with van der Waals surface area (Å²) < 4.78 is 27.1. The summed E-state index contributed by atoms with van der Waals surface area (Å²) in [5.41, 5.74) is 3.02. The zero-order valence-corrected chi connectivity index (χ0v) is 18.8. The van der Waals surface area contributed by atoms with Crippen molar-refractivity contribution in [2.45, 2.75) is 6.92 Å². The van der Waals surface area contributed by atoms with Crippen LogP contribution in [0.15, 0.2) is 73.1 Å². The predicted molar refractivity (Wildman–Crippen MR) is 126 cm³/mol. The molecule has 0 atom stereocenters. The van der Waals surface area contributed by atoms with Crippen LogP contribution in [-0.2, 0) is 0 Å². The molecule has 9 nitrogen and oxygen atoms in total. The van der Waals surface area contributed by atoms with E-state index >= 15 is 0 Å². The van der Waals surface area contributed by atoms with Gasteiger partial charge in [-0.1, -0.05) is 6.07 Å². The van der Waals surface area contributed by atoms with Crippen LogP contribution < -0.4 is 14.8 Å². The fourth-order valence-electron chi connectivity index (χ4n) is 3.42. The van der Waals surface area contributed by atoms with Gasteiger partial charge >= 0.3 is 0 Å². The first kappa shape index (κ1) is 22.0. The van der Waals surface area contributed by atoms with Gasteiger partial charge in [0.15, 0.2) is 17.2 Å². The number of halogens is 1. The second-order valence-corrected chi connectivity index (χ2v) is 7.54. The van der Waals surface area contributed by atoms with Crippen molar-refractivity contribution in [1.82, 2.24) is 24.6 Å². The third kappa shape index (κ3) is 4.62. The topological polar surface area (TPSA) is 104 Å². The number of pyridine rings is 2.